The van der Waals surface area contributed by atoms with E-state index >= 15 is 0 Å². The molecule has 1 aromatic heterocycles. The number of aromatic hydroxyl groups is 1. The molecule has 1 amide bonds. The van der Waals surface area contributed by atoms with Crippen molar-refractivity contribution in [2.24, 2.45) is 5.41 Å². The highest BCUT2D eigenvalue weighted by Crippen LogP contribution is 2.39. The minimum absolute atomic E-state index is 0.0439. The van der Waals surface area contributed by atoms with Crippen molar-refractivity contribution in [3.8, 4) is 17.6 Å². The number of amides is 1. The molecule has 1 N–H and O–H groups in total. The standard InChI is InChI=1S/C26H26N2O2/c1-16-6-8-17(9-7-16)12-18-13-20-19(10-11-26(2,3)4)21-15-28(5)25(30)22(21)24(29)23(20)27-14-18/h6-9,13-14,29H,12,15H2,1-5H3. The molecule has 0 saturated carbocycles. The first kappa shape index (κ1) is 20.0. The van der Waals surface area contributed by atoms with Crippen molar-refractivity contribution in [3.63, 3.8) is 0 Å². The summed E-state index contributed by atoms with van der Waals surface area (Å²) in [6.45, 7) is 8.68. The molecule has 2 aromatic carbocycles. The van der Waals surface area contributed by atoms with Gasteiger partial charge in [0.15, 0.2) is 5.75 Å². The van der Waals surface area contributed by atoms with Crippen LogP contribution in [-0.4, -0.2) is 27.9 Å². The number of aromatic nitrogens is 1. The normalized spacial score (nSPS) is 13.4. The molecule has 1 aliphatic heterocycles. The Hall–Kier alpha value is -3.32. The summed E-state index contributed by atoms with van der Waals surface area (Å²) in [6, 6.07) is 10.5. The third-order valence-corrected chi connectivity index (χ3v) is 5.33. The number of phenols is 1. The summed E-state index contributed by atoms with van der Waals surface area (Å²) in [6.07, 6.45) is 2.52. The zero-order valence-corrected chi connectivity index (χ0v) is 18.1. The maximum atomic E-state index is 12.6. The molecule has 0 spiro atoms. The summed E-state index contributed by atoms with van der Waals surface area (Å²) in [7, 11) is 1.74. The highest BCUT2D eigenvalue weighted by atomic mass is 16.3. The van der Waals surface area contributed by atoms with Crippen LogP contribution in [0.5, 0.6) is 5.75 Å². The molecule has 0 radical (unpaired) electrons. The summed E-state index contributed by atoms with van der Waals surface area (Å²) >= 11 is 0. The van der Waals surface area contributed by atoms with Crippen molar-refractivity contribution in [2.45, 2.75) is 40.7 Å². The van der Waals surface area contributed by atoms with Crippen LogP contribution in [0.25, 0.3) is 10.9 Å². The summed E-state index contributed by atoms with van der Waals surface area (Å²) < 4.78 is 0. The number of rotatable bonds is 2. The van der Waals surface area contributed by atoms with E-state index in [4.69, 9.17) is 0 Å². The van der Waals surface area contributed by atoms with Crippen LogP contribution in [0.2, 0.25) is 0 Å². The molecule has 0 bridgehead atoms. The van der Waals surface area contributed by atoms with Gasteiger partial charge in [0.05, 0.1) is 5.56 Å². The molecule has 0 unspecified atom stereocenters. The Kier molecular flexibility index (Phi) is 4.78. The zero-order valence-electron chi connectivity index (χ0n) is 18.1. The number of pyridine rings is 1. The Labute approximate surface area is 177 Å². The van der Waals surface area contributed by atoms with Gasteiger partial charge >= 0.3 is 0 Å². The second-order valence-electron chi connectivity index (χ2n) is 9.14. The molecule has 4 rings (SSSR count). The monoisotopic (exact) mass is 398 g/mol. The van der Waals surface area contributed by atoms with Gasteiger partial charge < -0.3 is 10.0 Å². The first-order valence-electron chi connectivity index (χ1n) is 10.1. The Morgan fingerprint density at radius 1 is 1.17 bits per heavy atom. The number of nitrogens with zero attached hydrogens (tertiary/aromatic N) is 2. The second-order valence-corrected chi connectivity index (χ2v) is 9.14. The van der Waals surface area contributed by atoms with Crippen molar-refractivity contribution in [1.82, 2.24) is 9.88 Å². The van der Waals surface area contributed by atoms with E-state index < -0.39 is 0 Å². The van der Waals surface area contributed by atoms with E-state index in [9.17, 15) is 9.90 Å². The molecule has 2 heterocycles. The lowest BCUT2D eigenvalue weighted by molar-refractivity contribution is 0.0814. The molecule has 0 atom stereocenters. The maximum Gasteiger partial charge on any atom is 0.258 e. The fraction of sp³-hybridized carbons (Fsp3) is 0.308. The molecule has 152 valence electrons. The third kappa shape index (κ3) is 3.64. The van der Waals surface area contributed by atoms with Crippen molar-refractivity contribution in [3.05, 3.63) is 69.9 Å². The van der Waals surface area contributed by atoms with Gasteiger partial charge in [0, 0.05) is 41.7 Å². The Morgan fingerprint density at radius 3 is 2.53 bits per heavy atom. The Balaban J connectivity index is 1.92. The third-order valence-electron chi connectivity index (χ3n) is 5.33. The van der Waals surface area contributed by atoms with Crippen LogP contribution in [0, 0.1) is 24.2 Å². The number of fused-ring (bicyclic) bond motifs is 2. The predicted octanol–water partition coefficient (Wildman–Crippen LogP) is 4.82. The molecule has 0 saturated heterocycles. The lowest BCUT2D eigenvalue weighted by atomic mass is 9.92. The predicted molar refractivity (Wildman–Crippen MR) is 120 cm³/mol. The Morgan fingerprint density at radius 2 is 1.87 bits per heavy atom. The van der Waals surface area contributed by atoms with Gasteiger partial charge in [0.25, 0.3) is 5.91 Å². The molecule has 4 nitrogen and oxygen atoms in total. The number of hydrogen-bond donors (Lipinski definition) is 1. The smallest absolute Gasteiger partial charge is 0.258 e. The van der Waals surface area contributed by atoms with Gasteiger partial charge in [-0.1, -0.05) is 41.7 Å². The molecule has 3 aromatic rings. The first-order valence-corrected chi connectivity index (χ1v) is 10.1. The van der Waals surface area contributed by atoms with E-state index in [1.807, 2.05) is 0 Å². The van der Waals surface area contributed by atoms with E-state index in [-0.39, 0.29) is 17.1 Å². The van der Waals surface area contributed by atoms with Crippen LogP contribution < -0.4 is 0 Å². The van der Waals surface area contributed by atoms with E-state index in [1.165, 1.54) is 11.1 Å². The van der Waals surface area contributed by atoms with Gasteiger partial charge in [-0.2, -0.15) is 0 Å². The van der Waals surface area contributed by atoms with Crippen LogP contribution in [0.1, 0.15) is 58.9 Å². The maximum absolute atomic E-state index is 12.6. The van der Waals surface area contributed by atoms with Crippen LogP contribution in [-0.2, 0) is 13.0 Å². The van der Waals surface area contributed by atoms with Gasteiger partial charge in [0.1, 0.15) is 5.52 Å². The average molecular weight is 399 g/mol. The lowest BCUT2D eigenvalue weighted by Crippen LogP contribution is -2.17. The van der Waals surface area contributed by atoms with Crippen molar-refractivity contribution in [1.29, 1.82) is 0 Å². The molecule has 0 aliphatic carbocycles. The SMILES string of the molecule is Cc1ccc(Cc2cnc3c(O)c4c(c(C#CC(C)(C)C)c3c2)CN(C)C4=O)cc1. The van der Waals surface area contributed by atoms with E-state index in [0.717, 1.165) is 28.5 Å². The number of hydrogen-bond acceptors (Lipinski definition) is 3. The molecular formula is C26H26N2O2. The van der Waals surface area contributed by atoms with Crippen molar-refractivity contribution in [2.75, 3.05) is 7.05 Å². The summed E-state index contributed by atoms with van der Waals surface area (Å²) in [5, 5.41) is 11.7. The van der Waals surface area contributed by atoms with Crippen molar-refractivity contribution < 1.29 is 9.90 Å². The van der Waals surface area contributed by atoms with Crippen LogP contribution in [0.15, 0.2) is 36.5 Å². The molecular weight excluding hydrogens is 372 g/mol. The molecule has 4 heteroatoms. The van der Waals surface area contributed by atoms with Crippen LogP contribution >= 0.6 is 0 Å². The highest BCUT2D eigenvalue weighted by Gasteiger charge is 2.32. The minimum atomic E-state index is -0.186. The van der Waals surface area contributed by atoms with E-state index in [0.29, 0.717) is 17.6 Å². The van der Waals surface area contributed by atoms with Crippen LogP contribution in [0.4, 0.5) is 0 Å². The first-order chi connectivity index (χ1) is 14.1. The van der Waals surface area contributed by atoms with E-state index in [2.05, 4.69) is 74.9 Å². The molecule has 1 aliphatic rings. The number of carbonyl (C=O) groups is 1. The van der Waals surface area contributed by atoms with Gasteiger partial charge in [-0.25, -0.2) is 0 Å². The second kappa shape index (κ2) is 7.18. The number of phenolic OH excluding ortho intramolecular Hbond substituents is 1. The number of benzene rings is 2. The summed E-state index contributed by atoms with van der Waals surface area (Å²) in [5.41, 5.74) is 5.64. The quantitative estimate of drug-likeness (QED) is 0.630. The average Bonchev–Trinajstić information content (AvgIpc) is 2.97. The fourth-order valence-electron chi connectivity index (χ4n) is 3.76. The largest absolute Gasteiger partial charge is 0.505 e. The van der Waals surface area contributed by atoms with Crippen LogP contribution in [0.3, 0.4) is 0 Å². The summed E-state index contributed by atoms with van der Waals surface area (Å²) in [5.74, 6) is 6.38. The molecule has 30 heavy (non-hydrogen) atoms. The topological polar surface area (TPSA) is 53.4 Å². The number of carbonyl (C=O) groups excluding carboxylic acids is 1. The summed E-state index contributed by atoms with van der Waals surface area (Å²) in [4.78, 5) is 18.8. The fourth-order valence-corrected chi connectivity index (χ4v) is 3.76. The lowest BCUT2D eigenvalue weighted by Gasteiger charge is -2.12. The minimum Gasteiger partial charge on any atom is -0.505 e. The number of aryl methyl sites for hydroxylation is 1. The Bertz CT molecular complexity index is 1220. The van der Waals surface area contributed by atoms with Gasteiger partial charge in [-0.15, -0.1) is 0 Å². The van der Waals surface area contributed by atoms with Gasteiger partial charge in [-0.05, 0) is 51.3 Å². The van der Waals surface area contributed by atoms with Gasteiger partial charge in [0.2, 0.25) is 0 Å². The van der Waals surface area contributed by atoms with Gasteiger partial charge in [-0.3, -0.25) is 9.78 Å². The van der Waals surface area contributed by atoms with E-state index in [1.54, 1.807) is 18.1 Å². The molecule has 0 fully saturated rings. The zero-order chi connectivity index (χ0) is 21.6. The highest BCUT2D eigenvalue weighted by molar-refractivity contribution is 6.08. The van der Waals surface area contributed by atoms with Crippen molar-refractivity contribution >= 4 is 16.8 Å².